The Bertz CT molecular complexity index is 180. The number of aliphatic carboxylic acids is 1. The number of rotatable bonds is 1. The number of hydrogen-bond donors (Lipinski definition) is 1. The first kappa shape index (κ1) is 13.0. The van der Waals surface area contributed by atoms with E-state index in [1.807, 2.05) is 0 Å². The van der Waals surface area contributed by atoms with Gasteiger partial charge in [-0.15, -0.1) is 0 Å². The second-order valence-electron chi connectivity index (χ2n) is 2.96. The van der Waals surface area contributed by atoms with Crippen molar-refractivity contribution >= 4 is 11.8 Å². The van der Waals surface area contributed by atoms with Crippen LogP contribution in [0, 0.1) is 5.92 Å². The molecule has 13 heavy (non-hydrogen) atoms. The summed E-state index contributed by atoms with van der Waals surface area (Å²) in [6.07, 6.45) is 2.73. The van der Waals surface area contributed by atoms with Crippen molar-refractivity contribution < 1.29 is 39.4 Å². The predicted molar refractivity (Wildman–Crippen MR) is 45.1 cm³/mol. The van der Waals surface area contributed by atoms with E-state index in [1.165, 1.54) is 4.13 Å². The number of ketones is 1. The van der Waals surface area contributed by atoms with E-state index in [-0.39, 0.29) is 5.78 Å². The van der Waals surface area contributed by atoms with Crippen LogP contribution in [-0.2, 0) is 34.3 Å². The van der Waals surface area contributed by atoms with Crippen molar-refractivity contribution in [2.75, 3.05) is 0 Å². The van der Waals surface area contributed by atoms with E-state index < -0.39 is 11.9 Å². The molecule has 3 nitrogen and oxygen atoms in total. The monoisotopic (exact) mass is 261 g/mol. The molecule has 0 amide bonds. The van der Waals surface area contributed by atoms with Crippen LogP contribution in [0.25, 0.3) is 0 Å². The molecule has 0 radical (unpaired) electrons. The Hall–Kier alpha value is 0.0231. The van der Waals surface area contributed by atoms with Crippen molar-refractivity contribution in [3.05, 3.63) is 0 Å². The Morgan fingerprint density at radius 1 is 1.62 bits per heavy atom. The average Bonchev–Trinajstić information content (AvgIpc) is 2.06. The van der Waals surface area contributed by atoms with E-state index in [1.54, 1.807) is 24.7 Å². The number of hydrogen-bond acceptors (Lipinski definition) is 2. The van der Waals surface area contributed by atoms with Crippen molar-refractivity contribution in [2.45, 2.75) is 36.7 Å². The summed E-state index contributed by atoms with van der Waals surface area (Å²) in [5.74, 6) is -1.75. The summed E-state index contributed by atoms with van der Waals surface area (Å²) >= 11 is 1.64. The smallest absolute Gasteiger partial charge is 0.314 e. The van der Waals surface area contributed by atoms with E-state index in [9.17, 15) is 9.59 Å². The van der Waals surface area contributed by atoms with E-state index in [0.29, 0.717) is 12.8 Å². The van der Waals surface area contributed by atoms with Gasteiger partial charge in [0.25, 0.3) is 0 Å². The van der Waals surface area contributed by atoms with Crippen LogP contribution in [0.4, 0.5) is 0 Å². The SMILES string of the molecule is C[CH2][Zr].O=C(O)C1CCCCC1=O. The van der Waals surface area contributed by atoms with Gasteiger partial charge in [-0.25, -0.2) is 0 Å². The van der Waals surface area contributed by atoms with Crippen LogP contribution in [0.2, 0.25) is 4.13 Å². The molecule has 0 heterocycles. The van der Waals surface area contributed by atoms with Crippen molar-refractivity contribution in [3.63, 3.8) is 0 Å². The minimum absolute atomic E-state index is 0.0984. The molecule has 0 spiro atoms. The Kier molecular flexibility index (Phi) is 7.44. The molecule has 0 bridgehead atoms. The zero-order valence-electron chi connectivity index (χ0n) is 7.88. The average molecular weight is 262 g/mol. The van der Waals surface area contributed by atoms with Gasteiger partial charge in [0, 0.05) is 6.42 Å². The second kappa shape index (κ2) is 7.43. The fourth-order valence-electron chi connectivity index (χ4n) is 1.24. The maximum Gasteiger partial charge on any atom is 0.314 e. The molecular formula is C9H15O3Zr. The van der Waals surface area contributed by atoms with Crippen LogP contribution in [0.5, 0.6) is 0 Å². The maximum atomic E-state index is 10.9. The van der Waals surface area contributed by atoms with E-state index in [4.69, 9.17) is 5.11 Å². The summed E-state index contributed by atoms with van der Waals surface area (Å²) in [4.78, 5) is 21.2. The van der Waals surface area contributed by atoms with Crippen LogP contribution in [0.3, 0.4) is 0 Å². The van der Waals surface area contributed by atoms with Gasteiger partial charge in [-0.3, -0.25) is 9.59 Å². The van der Waals surface area contributed by atoms with Gasteiger partial charge in [0.2, 0.25) is 0 Å². The van der Waals surface area contributed by atoms with Gasteiger partial charge in [0.05, 0.1) is 0 Å². The van der Waals surface area contributed by atoms with Gasteiger partial charge >= 0.3 is 41.7 Å². The van der Waals surface area contributed by atoms with Crippen molar-refractivity contribution in [1.82, 2.24) is 0 Å². The largest absolute Gasteiger partial charge is 0.481 e. The van der Waals surface area contributed by atoms with Crippen molar-refractivity contribution in [1.29, 1.82) is 0 Å². The molecule has 0 aromatic carbocycles. The Balaban J connectivity index is 0.000000424. The predicted octanol–water partition coefficient (Wildman–Crippen LogP) is 1.80. The van der Waals surface area contributed by atoms with Crippen molar-refractivity contribution in [2.24, 2.45) is 5.92 Å². The molecule has 1 fully saturated rings. The molecule has 0 aromatic rings. The summed E-state index contributed by atoms with van der Waals surface area (Å²) in [6.45, 7) is 2.16. The quantitative estimate of drug-likeness (QED) is 0.733. The van der Waals surface area contributed by atoms with Crippen molar-refractivity contribution in [3.8, 4) is 0 Å². The number of carbonyl (C=O) groups excluding carboxylic acids is 1. The summed E-state index contributed by atoms with van der Waals surface area (Å²) < 4.78 is 1.34. The Morgan fingerprint density at radius 3 is 2.46 bits per heavy atom. The molecule has 1 saturated carbocycles. The number of Topliss-reactive ketones (excluding diaryl/α,β-unsaturated/α-hetero) is 1. The van der Waals surface area contributed by atoms with Crippen LogP contribution in [0.1, 0.15) is 32.6 Å². The third-order valence-corrected chi connectivity index (χ3v) is 1.85. The molecule has 1 N–H and O–H groups in total. The first-order chi connectivity index (χ1) is 6.13. The molecule has 0 aromatic heterocycles. The molecule has 1 unspecified atom stereocenters. The van der Waals surface area contributed by atoms with Gasteiger partial charge in [-0.1, -0.05) is 6.42 Å². The van der Waals surface area contributed by atoms with E-state index in [0.717, 1.165) is 12.8 Å². The van der Waals surface area contributed by atoms with E-state index in [2.05, 4.69) is 6.92 Å². The fraction of sp³-hybridized carbons (Fsp3) is 0.778. The van der Waals surface area contributed by atoms with Crippen LogP contribution < -0.4 is 0 Å². The van der Waals surface area contributed by atoms with Gasteiger partial charge in [0.1, 0.15) is 11.7 Å². The third kappa shape index (κ3) is 5.35. The summed E-state index contributed by atoms with van der Waals surface area (Å²) in [5.41, 5.74) is 0. The van der Waals surface area contributed by atoms with Gasteiger partial charge in [-0.05, 0) is 12.8 Å². The molecule has 73 valence electrons. The maximum absolute atomic E-state index is 10.9. The molecule has 1 aliphatic carbocycles. The number of carboxylic acids is 1. The molecular weight excluding hydrogens is 247 g/mol. The fourth-order valence-corrected chi connectivity index (χ4v) is 1.24. The first-order valence-electron chi connectivity index (χ1n) is 4.53. The number of carboxylic acid groups (broad SMARTS) is 1. The second-order valence-corrected chi connectivity index (χ2v) is 4.69. The minimum atomic E-state index is -0.954. The van der Waals surface area contributed by atoms with E-state index >= 15 is 0 Å². The zero-order chi connectivity index (χ0) is 10.3. The molecule has 4 heteroatoms. The molecule has 1 atom stereocenters. The topological polar surface area (TPSA) is 54.4 Å². The zero-order valence-corrected chi connectivity index (χ0v) is 10.3. The van der Waals surface area contributed by atoms with Crippen LogP contribution >= 0.6 is 0 Å². The summed E-state index contributed by atoms with van der Waals surface area (Å²) in [7, 11) is 0. The third-order valence-electron chi connectivity index (χ3n) is 1.85. The Labute approximate surface area is 93.7 Å². The van der Waals surface area contributed by atoms with Gasteiger partial charge in [0.15, 0.2) is 0 Å². The van der Waals surface area contributed by atoms with Crippen LogP contribution in [0.15, 0.2) is 0 Å². The molecule has 1 aliphatic rings. The molecule has 0 aliphatic heterocycles. The normalized spacial score (nSPS) is 21.5. The molecule has 0 saturated heterocycles. The summed E-state index contributed by atoms with van der Waals surface area (Å²) in [6, 6.07) is 0. The molecule has 1 rings (SSSR count). The summed E-state index contributed by atoms with van der Waals surface area (Å²) in [5, 5.41) is 8.49. The van der Waals surface area contributed by atoms with Crippen LogP contribution in [-0.4, -0.2) is 16.9 Å². The van der Waals surface area contributed by atoms with Gasteiger partial charge < -0.3 is 5.11 Å². The number of carbonyl (C=O) groups is 2. The standard InChI is InChI=1S/C7H10O3.C2H5.Zr/c8-6-4-2-1-3-5(6)7(9)10;1-2;/h5H,1-4H2,(H,9,10);1H2,2H3;. The Morgan fingerprint density at radius 2 is 2.15 bits per heavy atom. The minimum Gasteiger partial charge on any atom is -0.481 e. The first-order valence-corrected chi connectivity index (χ1v) is 6.27. The van der Waals surface area contributed by atoms with Gasteiger partial charge in [-0.2, -0.15) is 0 Å².